The van der Waals surface area contributed by atoms with Gasteiger partial charge in [0.25, 0.3) is 5.56 Å². The lowest BCUT2D eigenvalue weighted by atomic mass is 9.85. The van der Waals surface area contributed by atoms with Crippen LogP contribution in [0.3, 0.4) is 0 Å². The molecule has 1 heterocycles. The summed E-state index contributed by atoms with van der Waals surface area (Å²) in [6, 6.07) is 6.53. The van der Waals surface area contributed by atoms with Crippen molar-refractivity contribution in [3.63, 3.8) is 0 Å². The zero-order valence-corrected chi connectivity index (χ0v) is 11.8. The average Bonchev–Trinajstić information content (AvgIpc) is 2.47. The lowest BCUT2D eigenvalue weighted by molar-refractivity contribution is -0.182. The molecule has 7 heteroatoms. The maximum Gasteiger partial charge on any atom is 0.391 e. The number of alkyl halides is 3. The van der Waals surface area contributed by atoms with Gasteiger partial charge in [-0.1, -0.05) is 18.6 Å². The molecule has 0 unspecified atom stereocenters. The molecule has 0 saturated heterocycles. The van der Waals surface area contributed by atoms with Gasteiger partial charge in [0.05, 0.1) is 16.8 Å². The van der Waals surface area contributed by atoms with E-state index < -0.39 is 12.1 Å². The Morgan fingerprint density at radius 1 is 1.23 bits per heavy atom. The van der Waals surface area contributed by atoms with Crippen LogP contribution in [-0.2, 0) is 0 Å². The third-order valence-electron chi connectivity index (χ3n) is 4.09. The van der Waals surface area contributed by atoms with Gasteiger partial charge in [0, 0.05) is 6.04 Å². The number of H-pyrrole nitrogens is 1. The molecule has 118 valence electrons. The molecule has 0 aliphatic heterocycles. The van der Waals surface area contributed by atoms with Crippen molar-refractivity contribution < 1.29 is 13.2 Å². The Kier molecular flexibility index (Phi) is 3.80. The highest BCUT2D eigenvalue weighted by Crippen LogP contribution is 2.38. The Morgan fingerprint density at radius 3 is 2.77 bits per heavy atom. The van der Waals surface area contributed by atoms with E-state index in [1.54, 1.807) is 24.3 Å². The van der Waals surface area contributed by atoms with Gasteiger partial charge >= 0.3 is 6.18 Å². The highest BCUT2D eigenvalue weighted by molar-refractivity contribution is 5.78. The van der Waals surface area contributed by atoms with Crippen molar-refractivity contribution in [2.75, 3.05) is 5.32 Å². The number of fused-ring (bicyclic) bond motifs is 1. The van der Waals surface area contributed by atoms with Crippen LogP contribution in [0.25, 0.3) is 10.9 Å². The summed E-state index contributed by atoms with van der Waals surface area (Å²) >= 11 is 0. The van der Waals surface area contributed by atoms with Crippen LogP contribution >= 0.6 is 0 Å². The van der Waals surface area contributed by atoms with Crippen LogP contribution in [0.2, 0.25) is 0 Å². The second-order valence-electron chi connectivity index (χ2n) is 5.68. The Labute approximate surface area is 124 Å². The minimum atomic E-state index is -4.16. The number of hydrogen-bond acceptors (Lipinski definition) is 3. The van der Waals surface area contributed by atoms with Gasteiger partial charge in [0.1, 0.15) is 0 Å². The Hall–Kier alpha value is -2.05. The first-order valence-electron chi connectivity index (χ1n) is 7.26. The molecule has 3 rings (SSSR count). The molecule has 1 aliphatic carbocycles. The van der Waals surface area contributed by atoms with E-state index in [4.69, 9.17) is 0 Å². The van der Waals surface area contributed by atoms with Crippen molar-refractivity contribution in [1.29, 1.82) is 0 Å². The Balaban J connectivity index is 1.80. The first kappa shape index (κ1) is 14.9. The van der Waals surface area contributed by atoms with Crippen molar-refractivity contribution in [3.05, 3.63) is 34.6 Å². The van der Waals surface area contributed by atoms with Crippen molar-refractivity contribution in [2.45, 2.75) is 37.9 Å². The predicted octanol–water partition coefficient (Wildman–Crippen LogP) is 3.46. The second kappa shape index (κ2) is 5.62. The number of para-hydroxylation sites is 1. The molecule has 2 aromatic rings. The zero-order chi connectivity index (χ0) is 15.7. The third kappa shape index (κ3) is 3.08. The molecule has 0 radical (unpaired) electrons. The summed E-state index contributed by atoms with van der Waals surface area (Å²) in [6.45, 7) is 0. The van der Waals surface area contributed by atoms with Crippen LogP contribution in [0, 0.1) is 5.92 Å². The van der Waals surface area contributed by atoms with E-state index in [1.165, 1.54) is 0 Å². The van der Waals surface area contributed by atoms with Crippen LogP contribution in [0.5, 0.6) is 0 Å². The van der Waals surface area contributed by atoms with Crippen molar-refractivity contribution in [2.24, 2.45) is 5.92 Å². The van der Waals surface area contributed by atoms with Gasteiger partial charge in [-0.05, 0) is 31.4 Å². The summed E-state index contributed by atoms with van der Waals surface area (Å²) in [4.78, 5) is 18.8. The quantitative estimate of drug-likeness (QED) is 0.893. The number of hydrogen-bond donors (Lipinski definition) is 2. The lowest BCUT2D eigenvalue weighted by Crippen LogP contribution is -2.35. The summed E-state index contributed by atoms with van der Waals surface area (Å²) in [5.74, 6) is -1.05. The predicted molar refractivity (Wildman–Crippen MR) is 77.8 cm³/mol. The molecular weight excluding hydrogens is 295 g/mol. The minimum absolute atomic E-state index is 0.0139. The topological polar surface area (TPSA) is 57.8 Å². The maximum absolute atomic E-state index is 12.8. The smallest absolute Gasteiger partial charge is 0.353 e. The van der Waals surface area contributed by atoms with Crippen LogP contribution in [0.15, 0.2) is 29.1 Å². The fourth-order valence-corrected chi connectivity index (χ4v) is 2.97. The molecule has 2 atom stereocenters. The molecule has 0 bridgehead atoms. The summed E-state index contributed by atoms with van der Waals surface area (Å²) in [6.07, 6.45) is -2.82. The van der Waals surface area contributed by atoms with Crippen LogP contribution in [0.1, 0.15) is 25.7 Å². The Morgan fingerprint density at radius 2 is 2.00 bits per heavy atom. The largest absolute Gasteiger partial charge is 0.391 e. The molecule has 1 saturated carbocycles. The van der Waals surface area contributed by atoms with Gasteiger partial charge in [-0.3, -0.25) is 9.78 Å². The molecule has 4 nitrogen and oxygen atoms in total. The van der Waals surface area contributed by atoms with Crippen LogP contribution < -0.4 is 10.9 Å². The normalized spacial score (nSPS) is 22.7. The molecule has 0 amide bonds. The fourth-order valence-electron chi connectivity index (χ4n) is 2.97. The number of aromatic nitrogens is 2. The third-order valence-corrected chi connectivity index (χ3v) is 4.09. The highest BCUT2D eigenvalue weighted by Gasteiger charge is 2.42. The molecule has 1 aromatic carbocycles. The average molecular weight is 311 g/mol. The molecule has 1 aromatic heterocycles. The van der Waals surface area contributed by atoms with Gasteiger partial charge in [-0.2, -0.15) is 13.2 Å². The van der Waals surface area contributed by atoms with Crippen LogP contribution in [-0.4, -0.2) is 22.2 Å². The number of anilines is 1. The van der Waals surface area contributed by atoms with Crippen molar-refractivity contribution in [3.8, 4) is 0 Å². The number of halogens is 3. The number of aromatic amines is 1. The number of rotatable bonds is 2. The van der Waals surface area contributed by atoms with Gasteiger partial charge in [-0.15, -0.1) is 0 Å². The number of benzene rings is 1. The highest BCUT2D eigenvalue weighted by atomic mass is 19.4. The molecular formula is C15H16F3N3O. The number of nitrogens with zero attached hydrogens (tertiary/aromatic N) is 1. The zero-order valence-electron chi connectivity index (χ0n) is 11.8. The first-order chi connectivity index (χ1) is 10.4. The minimum Gasteiger partial charge on any atom is -0.353 e. The van der Waals surface area contributed by atoms with Crippen molar-refractivity contribution >= 4 is 16.9 Å². The first-order valence-corrected chi connectivity index (χ1v) is 7.26. The fraction of sp³-hybridized carbons (Fsp3) is 0.467. The van der Waals surface area contributed by atoms with Crippen molar-refractivity contribution in [1.82, 2.24) is 9.97 Å². The maximum atomic E-state index is 12.8. The van der Waals surface area contributed by atoms with E-state index in [2.05, 4.69) is 15.3 Å². The van der Waals surface area contributed by atoms with Gasteiger partial charge in [0.15, 0.2) is 0 Å². The second-order valence-corrected chi connectivity index (χ2v) is 5.68. The van der Waals surface area contributed by atoms with E-state index in [0.717, 1.165) is 0 Å². The van der Waals surface area contributed by atoms with E-state index >= 15 is 0 Å². The standard InChI is InChI=1S/C15H16F3N3O/c16-15(17,18)9-4-3-5-10(8-9)19-14-20-12-7-2-1-6-11(12)13(22)21-14/h1-2,6-7,9-10H,3-5,8H2,(H2,19,20,21,22)/t9-,10+/m0/s1. The summed E-state index contributed by atoms with van der Waals surface area (Å²) in [5.41, 5.74) is 0.230. The number of nitrogens with one attached hydrogen (secondary N) is 2. The van der Waals surface area contributed by atoms with E-state index in [0.29, 0.717) is 23.7 Å². The van der Waals surface area contributed by atoms with Gasteiger partial charge < -0.3 is 5.32 Å². The van der Waals surface area contributed by atoms with E-state index in [9.17, 15) is 18.0 Å². The summed E-state index contributed by atoms with van der Waals surface area (Å²) in [5, 5.41) is 3.41. The SMILES string of the molecule is O=c1[nH]c(N[C@@H]2CCC[C@H](C(F)(F)F)C2)nc2ccccc12. The van der Waals surface area contributed by atoms with E-state index in [1.807, 2.05) is 0 Å². The molecule has 22 heavy (non-hydrogen) atoms. The monoisotopic (exact) mass is 311 g/mol. The van der Waals surface area contributed by atoms with Crippen LogP contribution in [0.4, 0.5) is 19.1 Å². The van der Waals surface area contributed by atoms with Gasteiger partial charge in [-0.25, -0.2) is 4.98 Å². The summed E-state index contributed by atoms with van der Waals surface area (Å²) < 4.78 is 38.5. The Bertz CT molecular complexity index is 726. The lowest BCUT2D eigenvalue weighted by Gasteiger charge is -2.31. The summed E-state index contributed by atoms with van der Waals surface area (Å²) in [7, 11) is 0. The van der Waals surface area contributed by atoms with Gasteiger partial charge in [0.2, 0.25) is 5.95 Å². The molecule has 1 fully saturated rings. The molecule has 0 spiro atoms. The van der Waals surface area contributed by atoms with E-state index in [-0.39, 0.29) is 30.4 Å². The molecule has 1 aliphatic rings. The molecule has 2 N–H and O–H groups in total.